The van der Waals surface area contributed by atoms with Gasteiger partial charge in [-0.3, -0.25) is 0 Å². The molecule has 0 saturated carbocycles. The van der Waals surface area contributed by atoms with Gasteiger partial charge in [0.1, 0.15) is 16.0 Å². The predicted octanol–water partition coefficient (Wildman–Crippen LogP) is 3.32. The Bertz CT molecular complexity index is 480. The summed E-state index contributed by atoms with van der Waals surface area (Å²) in [5, 5.41) is 11.6. The first kappa shape index (κ1) is 9.34. The van der Waals surface area contributed by atoms with Crippen LogP contribution in [0.3, 0.4) is 0 Å². The Hall–Kier alpha value is -1.22. The molecule has 2 aromatic rings. The highest BCUT2D eigenvalue weighted by Crippen LogP contribution is 2.39. The molecule has 72 valence electrons. The average Bonchev–Trinajstić information content (AvgIpc) is 2.23. The third-order valence-corrected chi connectivity index (χ3v) is 2.91. The summed E-state index contributed by atoms with van der Waals surface area (Å²) in [7, 11) is 1.58. The SMILES string of the molecule is COc1cc2ccccc2c(O)c1Br. The molecule has 0 fully saturated rings. The molecule has 14 heavy (non-hydrogen) atoms. The molecule has 0 unspecified atom stereocenters. The molecule has 2 nitrogen and oxygen atoms in total. The van der Waals surface area contributed by atoms with Crippen molar-refractivity contribution in [2.75, 3.05) is 7.11 Å². The van der Waals surface area contributed by atoms with Gasteiger partial charge in [0.05, 0.1) is 7.11 Å². The Labute approximate surface area is 90.3 Å². The third kappa shape index (κ3) is 1.34. The van der Waals surface area contributed by atoms with E-state index in [9.17, 15) is 5.11 Å². The Morgan fingerprint density at radius 2 is 2.00 bits per heavy atom. The highest BCUT2D eigenvalue weighted by atomic mass is 79.9. The minimum Gasteiger partial charge on any atom is -0.506 e. The van der Waals surface area contributed by atoms with Crippen molar-refractivity contribution in [3.8, 4) is 11.5 Å². The highest BCUT2D eigenvalue weighted by Gasteiger charge is 2.09. The molecular formula is C11H9BrO2. The van der Waals surface area contributed by atoms with Crippen LogP contribution < -0.4 is 4.74 Å². The summed E-state index contributed by atoms with van der Waals surface area (Å²) < 4.78 is 5.72. The molecule has 1 N–H and O–H groups in total. The van der Waals surface area contributed by atoms with Gasteiger partial charge in [-0.15, -0.1) is 0 Å². The van der Waals surface area contributed by atoms with Gasteiger partial charge in [0.25, 0.3) is 0 Å². The van der Waals surface area contributed by atoms with Crippen molar-refractivity contribution in [3.05, 3.63) is 34.8 Å². The van der Waals surface area contributed by atoms with Crippen LogP contribution in [0.5, 0.6) is 11.5 Å². The molecule has 0 bridgehead atoms. The fourth-order valence-corrected chi connectivity index (χ4v) is 1.92. The van der Waals surface area contributed by atoms with Crippen LogP contribution in [0.2, 0.25) is 0 Å². The van der Waals surface area contributed by atoms with Crippen molar-refractivity contribution >= 4 is 26.7 Å². The molecular weight excluding hydrogens is 244 g/mol. The Balaban J connectivity index is 2.85. The second kappa shape index (κ2) is 3.50. The first-order valence-electron chi connectivity index (χ1n) is 4.18. The molecule has 0 amide bonds. The standard InChI is InChI=1S/C11H9BrO2/c1-14-9-6-7-4-2-3-5-8(7)11(13)10(9)12/h2-6,13H,1H3. The van der Waals surface area contributed by atoms with Crippen molar-refractivity contribution < 1.29 is 9.84 Å². The maximum absolute atomic E-state index is 9.84. The van der Waals surface area contributed by atoms with Crippen LogP contribution in [0, 0.1) is 0 Å². The van der Waals surface area contributed by atoms with Gasteiger partial charge in [0, 0.05) is 5.39 Å². The Morgan fingerprint density at radius 1 is 1.29 bits per heavy atom. The molecule has 0 aliphatic rings. The van der Waals surface area contributed by atoms with Crippen molar-refractivity contribution in [2.45, 2.75) is 0 Å². The van der Waals surface area contributed by atoms with Crippen LogP contribution in [0.25, 0.3) is 10.8 Å². The molecule has 0 spiro atoms. The lowest BCUT2D eigenvalue weighted by atomic mass is 10.1. The van der Waals surface area contributed by atoms with Crippen LogP contribution in [0.4, 0.5) is 0 Å². The molecule has 0 heterocycles. The van der Waals surface area contributed by atoms with E-state index in [1.807, 2.05) is 30.3 Å². The number of aromatic hydroxyl groups is 1. The summed E-state index contributed by atoms with van der Waals surface area (Å²) in [6.45, 7) is 0. The maximum Gasteiger partial charge on any atom is 0.141 e. The van der Waals surface area contributed by atoms with Crippen LogP contribution in [0.15, 0.2) is 34.8 Å². The molecule has 0 saturated heterocycles. The molecule has 2 rings (SSSR count). The predicted molar refractivity (Wildman–Crippen MR) is 59.9 cm³/mol. The normalized spacial score (nSPS) is 10.4. The second-order valence-electron chi connectivity index (χ2n) is 2.96. The number of benzene rings is 2. The van der Waals surface area contributed by atoms with Crippen LogP contribution in [-0.4, -0.2) is 12.2 Å². The first-order chi connectivity index (χ1) is 6.74. The number of halogens is 1. The maximum atomic E-state index is 9.84. The molecule has 0 aliphatic carbocycles. The fourth-order valence-electron chi connectivity index (χ4n) is 1.43. The van der Waals surface area contributed by atoms with E-state index in [1.165, 1.54) is 0 Å². The van der Waals surface area contributed by atoms with Gasteiger partial charge >= 0.3 is 0 Å². The number of ether oxygens (including phenoxy) is 1. The van der Waals surface area contributed by atoms with E-state index in [2.05, 4.69) is 15.9 Å². The summed E-state index contributed by atoms with van der Waals surface area (Å²) in [5.41, 5.74) is 0. The fraction of sp³-hybridized carbons (Fsp3) is 0.0909. The lowest BCUT2D eigenvalue weighted by Crippen LogP contribution is -1.85. The van der Waals surface area contributed by atoms with E-state index >= 15 is 0 Å². The molecule has 0 aliphatic heterocycles. The zero-order valence-electron chi connectivity index (χ0n) is 7.62. The largest absolute Gasteiger partial charge is 0.506 e. The third-order valence-electron chi connectivity index (χ3n) is 2.15. The summed E-state index contributed by atoms with van der Waals surface area (Å²) in [6.07, 6.45) is 0. The van der Waals surface area contributed by atoms with Crippen LogP contribution in [-0.2, 0) is 0 Å². The second-order valence-corrected chi connectivity index (χ2v) is 3.76. The molecule has 3 heteroatoms. The number of hydrogen-bond acceptors (Lipinski definition) is 2. The van der Waals surface area contributed by atoms with Gasteiger partial charge in [-0.25, -0.2) is 0 Å². The lowest BCUT2D eigenvalue weighted by Gasteiger charge is -2.08. The van der Waals surface area contributed by atoms with Gasteiger partial charge in [-0.2, -0.15) is 0 Å². The van der Waals surface area contributed by atoms with Crippen LogP contribution in [0.1, 0.15) is 0 Å². The summed E-state index contributed by atoms with van der Waals surface area (Å²) in [4.78, 5) is 0. The lowest BCUT2D eigenvalue weighted by molar-refractivity contribution is 0.405. The number of phenolic OH excluding ortho intramolecular Hbond substituents is 1. The zero-order valence-corrected chi connectivity index (χ0v) is 9.21. The van der Waals surface area contributed by atoms with E-state index in [4.69, 9.17) is 4.74 Å². The smallest absolute Gasteiger partial charge is 0.141 e. The number of hydrogen-bond donors (Lipinski definition) is 1. The zero-order chi connectivity index (χ0) is 10.1. The monoisotopic (exact) mass is 252 g/mol. The summed E-state index contributed by atoms with van der Waals surface area (Å²) in [5.74, 6) is 0.862. The number of phenols is 1. The van der Waals surface area contributed by atoms with E-state index in [0.29, 0.717) is 10.2 Å². The quantitative estimate of drug-likeness (QED) is 0.844. The molecule has 0 radical (unpaired) electrons. The Kier molecular flexibility index (Phi) is 2.33. The van der Waals surface area contributed by atoms with E-state index in [1.54, 1.807) is 7.11 Å². The van der Waals surface area contributed by atoms with Gasteiger partial charge in [-0.1, -0.05) is 24.3 Å². The van der Waals surface area contributed by atoms with Gasteiger partial charge < -0.3 is 9.84 Å². The van der Waals surface area contributed by atoms with Gasteiger partial charge in [-0.05, 0) is 27.4 Å². The van der Waals surface area contributed by atoms with Gasteiger partial charge in [0.15, 0.2) is 0 Å². The minimum atomic E-state index is 0.222. The Morgan fingerprint density at radius 3 is 2.71 bits per heavy atom. The summed E-state index contributed by atoms with van der Waals surface area (Å²) in [6, 6.07) is 9.51. The highest BCUT2D eigenvalue weighted by molar-refractivity contribution is 9.10. The first-order valence-corrected chi connectivity index (χ1v) is 4.97. The summed E-state index contributed by atoms with van der Waals surface area (Å²) >= 11 is 3.29. The molecule has 2 aromatic carbocycles. The number of fused-ring (bicyclic) bond motifs is 1. The van der Waals surface area contributed by atoms with E-state index in [0.717, 1.165) is 10.8 Å². The van der Waals surface area contributed by atoms with Crippen molar-refractivity contribution in [1.29, 1.82) is 0 Å². The van der Waals surface area contributed by atoms with Crippen molar-refractivity contribution in [2.24, 2.45) is 0 Å². The van der Waals surface area contributed by atoms with Crippen molar-refractivity contribution in [1.82, 2.24) is 0 Å². The molecule has 0 atom stereocenters. The topological polar surface area (TPSA) is 29.5 Å². The number of methoxy groups -OCH3 is 1. The van der Waals surface area contributed by atoms with Crippen LogP contribution >= 0.6 is 15.9 Å². The average molecular weight is 253 g/mol. The number of rotatable bonds is 1. The van der Waals surface area contributed by atoms with Gasteiger partial charge in [0.2, 0.25) is 0 Å². The van der Waals surface area contributed by atoms with Crippen molar-refractivity contribution in [3.63, 3.8) is 0 Å². The minimum absolute atomic E-state index is 0.222. The van der Waals surface area contributed by atoms with E-state index in [-0.39, 0.29) is 5.75 Å². The molecule has 0 aromatic heterocycles. The van der Waals surface area contributed by atoms with E-state index < -0.39 is 0 Å².